The largest absolute Gasteiger partial charge is 0.489 e. The lowest BCUT2D eigenvalue weighted by atomic mass is 9.69. The van der Waals surface area contributed by atoms with E-state index in [-0.39, 0.29) is 29.9 Å². The van der Waals surface area contributed by atoms with E-state index in [0.29, 0.717) is 73.4 Å². The molecule has 12 nitrogen and oxygen atoms in total. The average molecular weight is 923 g/mol. The van der Waals surface area contributed by atoms with E-state index >= 15 is 0 Å². The summed E-state index contributed by atoms with van der Waals surface area (Å²) < 4.78 is 13.0. The second-order valence-electron chi connectivity index (χ2n) is 18.4. The van der Waals surface area contributed by atoms with E-state index in [4.69, 9.17) is 9.47 Å². The number of aryl methyl sites for hydroxylation is 4. The Morgan fingerprint density at radius 3 is 2.52 bits per heavy atom. The fourth-order valence-corrected chi connectivity index (χ4v) is 9.75. The molecule has 2 aliphatic heterocycles. The van der Waals surface area contributed by atoms with E-state index in [0.717, 1.165) is 54.3 Å². The number of fused-ring (bicyclic) bond motifs is 3. The average Bonchev–Trinajstić information content (AvgIpc) is 3.77. The molecule has 1 aromatic heterocycles. The Kier molecular flexibility index (Phi) is 15.4. The van der Waals surface area contributed by atoms with Gasteiger partial charge in [-0.15, -0.1) is 0 Å². The van der Waals surface area contributed by atoms with Crippen LogP contribution in [0, 0.1) is 32.1 Å². The molecule has 336 valence electrons. The highest BCUT2D eigenvalue weighted by atomic mass is 79.9. The molecular weight excluding hydrogens is 858 g/mol. The van der Waals surface area contributed by atoms with Gasteiger partial charge in [-0.1, -0.05) is 85.3 Å². The Balaban J connectivity index is 0.776. The Labute approximate surface area is 381 Å². The van der Waals surface area contributed by atoms with Gasteiger partial charge in [0.2, 0.25) is 5.91 Å². The molecular formula is C50H64BrN7O5. The number of nitrogens with zero attached hydrogens (tertiary/aromatic N) is 3. The molecule has 4 amide bonds. The van der Waals surface area contributed by atoms with E-state index in [9.17, 15) is 14.4 Å². The third-order valence-corrected chi connectivity index (χ3v) is 13.8. The fourth-order valence-electron chi connectivity index (χ4n) is 9.41. The van der Waals surface area contributed by atoms with Gasteiger partial charge in [0.1, 0.15) is 18.5 Å². The minimum absolute atomic E-state index is 0.0176. The van der Waals surface area contributed by atoms with Crippen molar-refractivity contribution in [2.45, 2.75) is 117 Å². The zero-order chi connectivity index (χ0) is 44.5. The van der Waals surface area contributed by atoms with Gasteiger partial charge in [0.15, 0.2) is 5.82 Å². The van der Waals surface area contributed by atoms with Gasteiger partial charge in [-0.05, 0) is 112 Å². The number of anilines is 3. The van der Waals surface area contributed by atoms with Crippen LogP contribution in [0.2, 0.25) is 0 Å². The maximum atomic E-state index is 13.3. The number of hydrogen-bond donors (Lipinski definition) is 4. The summed E-state index contributed by atoms with van der Waals surface area (Å²) in [5.41, 5.74) is 8.08. The highest BCUT2D eigenvalue weighted by Crippen LogP contribution is 2.51. The Hall–Kier alpha value is -5.01. The van der Waals surface area contributed by atoms with Crippen LogP contribution in [0.3, 0.4) is 0 Å². The van der Waals surface area contributed by atoms with Crippen LogP contribution >= 0.6 is 15.9 Å². The zero-order valence-corrected chi connectivity index (χ0v) is 39.1. The molecule has 1 saturated carbocycles. The number of aromatic nitrogens is 2. The van der Waals surface area contributed by atoms with Gasteiger partial charge in [0.25, 0.3) is 5.91 Å². The first-order chi connectivity index (χ1) is 30.3. The summed E-state index contributed by atoms with van der Waals surface area (Å²) in [6.45, 7) is 12.8. The first kappa shape index (κ1) is 46.0. The van der Waals surface area contributed by atoms with Gasteiger partial charge in [-0.3, -0.25) is 19.9 Å². The van der Waals surface area contributed by atoms with E-state index in [2.05, 4.69) is 98.3 Å². The van der Waals surface area contributed by atoms with Crippen molar-refractivity contribution in [1.82, 2.24) is 20.2 Å². The molecule has 1 saturated heterocycles. The van der Waals surface area contributed by atoms with Crippen LogP contribution in [0.15, 0.2) is 71.5 Å². The lowest BCUT2D eigenvalue weighted by Gasteiger charge is -2.46. The molecule has 3 unspecified atom stereocenters. The molecule has 13 heteroatoms. The first-order valence-corrected chi connectivity index (χ1v) is 23.6. The topological polar surface area (TPSA) is 147 Å². The molecule has 2 fully saturated rings. The second-order valence-corrected chi connectivity index (χ2v) is 19.3. The highest BCUT2D eigenvalue weighted by Gasteiger charge is 2.46. The summed E-state index contributed by atoms with van der Waals surface area (Å²) in [7, 11) is 0. The smallest absolute Gasteiger partial charge is 0.325 e. The molecule has 0 radical (unpaired) electrons. The number of morpholine rings is 1. The summed E-state index contributed by atoms with van der Waals surface area (Å²) >= 11 is 3.54. The van der Waals surface area contributed by atoms with Crippen molar-refractivity contribution < 1.29 is 23.9 Å². The molecule has 0 bridgehead atoms. The molecule has 63 heavy (non-hydrogen) atoms. The summed E-state index contributed by atoms with van der Waals surface area (Å²) in [6, 6.07) is 18.4. The van der Waals surface area contributed by atoms with Gasteiger partial charge < -0.3 is 30.3 Å². The maximum Gasteiger partial charge on any atom is 0.325 e. The van der Waals surface area contributed by atoms with Gasteiger partial charge in [0.05, 0.1) is 36.9 Å². The number of amides is 4. The van der Waals surface area contributed by atoms with Gasteiger partial charge in [-0.2, -0.15) is 0 Å². The van der Waals surface area contributed by atoms with Crippen molar-refractivity contribution >= 4 is 51.0 Å². The van der Waals surface area contributed by atoms with Crippen LogP contribution in [0.1, 0.15) is 116 Å². The van der Waals surface area contributed by atoms with Crippen molar-refractivity contribution in [2.75, 3.05) is 48.8 Å². The van der Waals surface area contributed by atoms with Crippen LogP contribution in [-0.4, -0.2) is 77.7 Å². The summed E-state index contributed by atoms with van der Waals surface area (Å²) in [5, 5.41) is 12.7. The summed E-state index contributed by atoms with van der Waals surface area (Å²) in [4.78, 5) is 49.4. The van der Waals surface area contributed by atoms with E-state index < -0.39 is 6.03 Å². The standard InChI is InChI=1S/C50H64BrN7O5/c1-32-16-21-42-40(24-32)38-13-11-14-39(38)47(55-42)50(4,5)31-54-48(60)36-19-17-35(18-20-36)12-9-7-6-8-10-15-46(59)58-22-23-62-37(29-58)30-63-44-25-33(2)41(51)26-43(44)56-49(61)57-45-28-52-34(3)27-53-45/h16-21,24-28,37-39,47,55H,6-15,22-23,29-31H2,1-5H3,(H,54,60)(H2,53,56,57,61)/t37-,38?,39?,47?/m0/s1. The normalized spacial score (nSPS) is 19.4. The minimum atomic E-state index is -0.474. The number of hydrogen-bond acceptors (Lipinski definition) is 8. The fraction of sp³-hybridized carbons (Fsp3) is 0.500. The van der Waals surface area contributed by atoms with Gasteiger partial charge >= 0.3 is 6.03 Å². The maximum absolute atomic E-state index is 13.3. The van der Waals surface area contributed by atoms with Crippen molar-refractivity contribution in [3.05, 3.63) is 105 Å². The summed E-state index contributed by atoms with van der Waals surface area (Å²) in [6.07, 6.45) is 13.1. The Morgan fingerprint density at radius 1 is 0.937 bits per heavy atom. The van der Waals surface area contributed by atoms with Crippen LogP contribution in [0.5, 0.6) is 5.75 Å². The molecule has 4 aromatic rings. The van der Waals surface area contributed by atoms with Crippen LogP contribution in [0.25, 0.3) is 0 Å². The SMILES string of the molecule is Cc1ccc2c(c1)C1CCCC1C(C(C)(C)CNC(=O)c1ccc(CCCCCCCC(=O)N3CCO[C@H](COc4cc(C)c(Br)cc4NC(=O)Nc4cnc(C)cn4)C3)cc1)N2. The minimum Gasteiger partial charge on any atom is -0.489 e. The number of unbranched alkanes of at least 4 members (excludes halogenated alkanes) is 4. The molecule has 4 N–H and O–H groups in total. The quantitative estimate of drug-likeness (QED) is 0.0766. The van der Waals surface area contributed by atoms with Crippen LogP contribution < -0.4 is 26.0 Å². The molecule has 3 heterocycles. The van der Waals surface area contributed by atoms with E-state index in [1.807, 2.05) is 36.9 Å². The molecule has 4 atom stereocenters. The van der Waals surface area contributed by atoms with Crippen molar-refractivity contribution in [1.29, 1.82) is 0 Å². The lowest BCUT2D eigenvalue weighted by molar-refractivity contribution is -0.140. The van der Waals surface area contributed by atoms with Crippen LogP contribution in [-0.2, 0) is 16.0 Å². The predicted octanol–water partition coefficient (Wildman–Crippen LogP) is 10.1. The third-order valence-electron chi connectivity index (χ3n) is 13.0. The van der Waals surface area contributed by atoms with Crippen LogP contribution in [0.4, 0.5) is 22.0 Å². The van der Waals surface area contributed by atoms with Gasteiger partial charge in [0, 0.05) is 46.7 Å². The third kappa shape index (κ3) is 12.2. The molecule has 3 aliphatic rings. The molecule has 3 aromatic carbocycles. The number of nitrogens with one attached hydrogen (secondary N) is 4. The predicted molar refractivity (Wildman–Crippen MR) is 253 cm³/mol. The molecule has 7 rings (SSSR count). The van der Waals surface area contributed by atoms with Crippen molar-refractivity contribution in [3.8, 4) is 5.75 Å². The van der Waals surface area contributed by atoms with Crippen molar-refractivity contribution in [3.63, 3.8) is 0 Å². The van der Waals surface area contributed by atoms with Gasteiger partial charge in [-0.25, -0.2) is 9.78 Å². The Morgan fingerprint density at radius 2 is 1.73 bits per heavy atom. The first-order valence-electron chi connectivity index (χ1n) is 22.8. The zero-order valence-electron chi connectivity index (χ0n) is 37.5. The number of urea groups is 1. The number of carbonyl (C=O) groups excluding carboxylic acids is 3. The van der Waals surface area contributed by atoms with E-state index in [1.54, 1.807) is 12.3 Å². The number of halogens is 1. The molecule has 1 aliphatic carbocycles. The molecule has 0 spiro atoms. The number of ether oxygens (including phenoxy) is 2. The van der Waals surface area contributed by atoms with Crippen molar-refractivity contribution in [2.24, 2.45) is 11.3 Å². The number of carbonyl (C=O) groups is 3. The number of benzene rings is 3. The monoisotopic (exact) mass is 921 g/mol. The van der Waals surface area contributed by atoms with E-state index in [1.165, 1.54) is 47.8 Å². The summed E-state index contributed by atoms with van der Waals surface area (Å²) in [5.74, 6) is 2.14. The highest BCUT2D eigenvalue weighted by molar-refractivity contribution is 9.10. The number of rotatable bonds is 17. The Bertz CT molecular complexity index is 2220. The second kappa shape index (κ2) is 21.1. The lowest BCUT2D eigenvalue weighted by Crippen LogP contribution is -2.51.